The second kappa shape index (κ2) is 11.9. The molecule has 0 unspecified atom stereocenters. The normalized spacial score (nSPS) is 11.9. The van der Waals surface area contributed by atoms with Gasteiger partial charge in [-0.25, -0.2) is 0 Å². The number of hydrogen-bond acceptors (Lipinski definition) is 5. The van der Waals surface area contributed by atoms with Crippen LogP contribution in [0.25, 0.3) is 10.8 Å². The quantitative estimate of drug-likeness (QED) is 0.207. The van der Waals surface area contributed by atoms with E-state index in [1.165, 1.54) is 11.8 Å². The van der Waals surface area contributed by atoms with Crippen LogP contribution in [-0.4, -0.2) is 32.3 Å². The number of aromatic nitrogens is 3. The Bertz CT molecular complexity index is 1430. The summed E-state index contributed by atoms with van der Waals surface area (Å²) in [5.74, 6) is 0.566. The maximum Gasteiger partial charge on any atom is 0.251 e. The van der Waals surface area contributed by atoms with Crippen LogP contribution < -0.4 is 10.6 Å². The number of nitrogens with zero attached hydrogens (tertiary/aromatic N) is 3. The smallest absolute Gasteiger partial charge is 0.251 e. The Labute approximate surface area is 221 Å². The maximum absolute atomic E-state index is 13.0. The van der Waals surface area contributed by atoms with Gasteiger partial charge in [0.15, 0.2) is 11.0 Å². The monoisotopic (exact) mass is 513 g/mol. The molecule has 190 valence electrons. The van der Waals surface area contributed by atoms with Crippen molar-refractivity contribution in [1.29, 1.82) is 0 Å². The summed E-state index contributed by atoms with van der Waals surface area (Å²) < 4.78 is 1.90. The number of anilines is 1. The minimum absolute atomic E-state index is 0.0653. The summed E-state index contributed by atoms with van der Waals surface area (Å²) in [6.07, 6.45) is 1.76. The number of thioether (sulfide) groups is 1. The zero-order valence-corrected chi connectivity index (χ0v) is 22.1. The molecule has 0 radical (unpaired) electrons. The molecular weight excluding hydrogens is 482 g/mol. The van der Waals surface area contributed by atoms with E-state index in [0.717, 1.165) is 22.0 Å². The average molecular weight is 514 g/mol. The van der Waals surface area contributed by atoms with Crippen LogP contribution in [0.1, 0.15) is 41.6 Å². The minimum atomic E-state index is -0.360. The lowest BCUT2D eigenvalue weighted by Crippen LogP contribution is -2.34. The van der Waals surface area contributed by atoms with E-state index in [1.54, 1.807) is 12.1 Å². The van der Waals surface area contributed by atoms with Gasteiger partial charge in [-0.2, -0.15) is 0 Å². The molecule has 0 bridgehead atoms. The minimum Gasteiger partial charge on any atom is -0.342 e. The molecule has 2 amide bonds. The van der Waals surface area contributed by atoms with Gasteiger partial charge < -0.3 is 15.2 Å². The van der Waals surface area contributed by atoms with Crippen LogP contribution in [0.3, 0.4) is 0 Å². The zero-order chi connectivity index (χ0) is 26.4. The summed E-state index contributed by atoms with van der Waals surface area (Å²) in [5, 5.41) is 17.6. The first-order valence-electron chi connectivity index (χ1n) is 12.2. The number of hydrogen-bond donors (Lipinski definition) is 2. The van der Waals surface area contributed by atoms with Gasteiger partial charge >= 0.3 is 0 Å². The van der Waals surface area contributed by atoms with Gasteiger partial charge in [-0.05, 0) is 47.9 Å². The van der Waals surface area contributed by atoms with Crippen LogP contribution in [0.5, 0.6) is 0 Å². The van der Waals surface area contributed by atoms with Crippen molar-refractivity contribution in [3.05, 3.63) is 96.3 Å². The largest absolute Gasteiger partial charge is 0.342 e. The number of benzene rings is 3. The molecule has 4 aromatic rings. The van der Waals surface area contributed by atoms with E-state index in [2.05, 4.69) is 27.4 Å². The maximum atomic E-state index is 13.0. The third-order valence-electron chi connectivity index (χ3n) is 5.93. The molecule has 1 aromatic heterocycles. The highest BCUT2D eigenvalue weighted by atomic mass is 32.2. The highest BCUT2D eigenvalue weighted by Gasteiger charge is 2.26. The lowest BCUT2D eigenvalue weighted by Gasteiger charge is -2.22. The van der Waals surface area contributed by atoms with Crippen LogP contribution in [0, 0.1) is 12.8 Å². The van der Waals surface area contributed by atoms with Crippen molar-refractivity contribution in [1.82, 2.24) is 20.1 Å². The average Bonchev–Trinajstić information content (AvgIpc) is 3.28. The Hall–Kier alpha value is -3.91. The number of aryl methyl sites for hydroxylation is 1. The first kappa shape index (κ1) is 26.2. The van der Waals surface area contributed by atoms with Crippen molar-refractivity contribution >= 4 is 40.0 Å². The molecule has 0 aliphatic heterocycles. The predicted octanol–water partition coefficient (Wildman–Crippen LogP) is 5.78. The number of carbonyl (C=O) groups excluding carboxylic acids is 2. The fourth-order valence-corrected chi connectivity index (χ4v) is 4.83. The molecule has 0 aliphatic carbocycles. The first-order valence-corrected chi connectivity index (χ1v) is 13.2. The van der Waals surface area contributed by atoms with Gasteiger partial charge in [-0.3, -0.25) is 9.59 Å². The number of fused-ring (bicyclic) bond motifs is 1. The van der Waals surface area contributed by atoms with E-state index in [1.807, 2.05) is 86.0 Å². The van der Waals surface area contributed by atoms with Gasteiger partial charge in [-0.1, -0.05) is 79.7 Å². The Morgan fingerprint density at radius 3 is 2.54 bits per heavy atom. The SMILES string of the molecule is C=CCn1c(SCC(=O)Nc2ccc3ccccc3c2)nnc1[C@@H](NC(=O)c1cccc(C)c1)C(C)C. The van der Waals surface area contributed by atoms with Crippen molar-refractivity contribution in [3.63, 3.8) is 0 Å². The molecule has 0 saturated carbocycles. The molecule has 37 heavy (non-hydrogen) atoms. The van der Waals surface area contributed by atoms with E-state index >= 15 is 0 Å². The number of amides is 2. The fourth-order valence-electron chi connectivity index (χ4n) is 4.07. The summed E-state index contributed by atoms with van der Waals surface area (Å²) in [6.45, 7) is 10.3. The van der Waals surface area contributed by atoms with E-state index < -0.39 is 0 Å². The van der Waals surface area contributed by atoms with Crippen LogP contribution in [0.4, 0.5) is 5.69 Å². The van der Waals surface area contributed by atoms with Crippen LogP contribution >= 0.6 is 11.8 Å². The number of allylic oxidation sites excluding steroid dienone is 1. The first-order chi connectivity index (χ1) is 17.9. The van der Waals surface area contributed by atoms with E-state index in [9.17, 15) is 9.59 Å². The lowest BCUT2D eigenvalue weighted by molar-refractivity contribution is -0.113. The van der Waals surface area contributed by atoms with Crippen molar-refractivity contribution in [2.75, 3.05) is 11.1 Å². The molecule has 4 rings (SSSR count). The summed E-state index contributed by atoms with van der Waals surface area (Å²) in [6, 6.07) is 21.0. The molecule has 2 N–H and O–H groups in total. The molecular formula is C29H31N5O2S. The van der Waals surface area contributed by atoms with Crippen molar-refractivity contribution < 1.29 is 9.59 Å². The molecule has 0 spiro atoms. The molecule has 0 fully saturated rings. The highest BCUT2D eigenvalue weighted by Crippen LogP contribution is 2.26. The molecule has 1 heterocycles. The molecule has 3 aromatic carbocycles. The van der Waals surface area contributed by atoms with Gasteiger partial charge in [0.25, 0.3) is 5.91 Å². The Kier molecular flexibility index (Phi) is 8.40. The van der Waals surface area contributed by atoms with Crippen LogP contribution in [0.2, 0.25) is 0 Å². The van der Waals surface area contributed by atoms with E-state index in [-0.39, 0.29) is 29.5 Å². The standard InChI is InChI=1S/C29H31N5O2S/c1-5-15-34-27(26(19(2)3)31-28(36)23-12-8-9-20(4)16-23)32-33-29(34)37-18-25(35)30-24-14-13-21-10-6-7-11-22(21)17-24/h5-14,16-17,19,26H,1,15,18H2,2-4H3,(H,30,35)(H,31,36)/t26-/m0/s1. The molecule has 1 atom stereocenters. The summed E-state index contributed by atoms with van der Waals surface area (Å²) >= 11 is 1.30. The number of carbonyl (C=O) groups is 2. The summed E-state index contributed by atoms with van der Waals surface area (Å²) in [4.78, 5) is 25.7. The number of rotatable bonds is 10. The topological polar surface area (TPSA) is 88.9 Å². The van der Waals surface area contributed by atoms with Crippen molar-refractivity contribution in [3.8, 4) is 0 Å². The highest BCUT2D eigenvalue weighted by molar-refractivity contribution is 7.99. The zero-order valence-electron chi connectivity index (χ0n) is 21.3. The second-order valence-corrected chi connectivity index (χ2v) is 10.1. The van der Waals surface area contributed by atoms with Crippen molar-refractivity contribution in [2.24, 2.45) is 5.92 Å². The Morgan fingerprint density at radius 2 is 1.81 bits per heavy atom. The molecule has 7 nitrogen and oxygen atoms in total. The van der Waals surface area contributed by atoms with Crippen molar-refractivity contribution in [2.45, 2.75) is 38.5 Å². The lowest BCUT2D eigenvalue weighted by atomic mass is 10.0. The van der Waals surface area contributed by atoms with Crippen LogP contribution in [0.15, 0.2) is 84.5 Å². The molecule has 0 aliphatic rings. The van der Waals surface area contributed by atoms with Gasteiger partial charge in [-0.15, -0.1) is 16.8 Å². The van der Waals surface area contributed by atoms with Gasteiger partial charge in [0.1, 0.15) is 0 Å². The van der Waals surface area contributed by atoms with Gasteiger partial charge in [0, 0.05) is 17.8 Å². The van der Waals surface area contributed by atoms with E-state index in [4.69, 9.17) is 0 Å². The summed E-state index contributed by atoms with van der Waals surface area (Å²) in [5.41, 5.74) is 2.36. The molecule has 8 heteroatoms. The molecule has 0 saturated heterocycles. The fraction of sp³-hybridized carbons (Fsp3) is 0.241. The summed E-state index contributed by atoms with van der Waals surface area (Å²) in [7, 11) is 0. The predicted molar refractivity (Wildman–Crippen MR) is 150 cm³/mol. The van der Waals surface area contributed by atoms with Crippen LogP contribution in [-0.2, 0) is 11.3 Å². The Balaban J connectivity index is 1.47. The Morgan fingerprint density at radius 1 is 1.03 bits per heavy atom. The van der Waals surface area contributed by atoms with E-state index in [0.29, 0.717) is 23.1 Å². The third kappa shape index (κ3) is 6.46. The van der Waals surface area contributed by atoms with Gasteiger partial charge in [0.05, 0.1) is 11.8 Å². The second-order valence-electron chi connectivity index (χ2n) is 9.20. The third-order valence-corrected chi connectivity index (χ3v) is 6.90. The van der Waals surface area contributed by atoms with Gasteiger partial charge in [0.2, 0.25) is 5.91 Å². The number of nitrogens with one attached hydrogen (secondary N) is 2.